The van der Waals surface area contributed by atoms with E-state index in [1.54, 1.807) is 6.07 Å². The molecule has 0 radical (unpaired) electrons. The predicted molar refractivity (Wildman–Crippen MR) is 70.5 cm³/mol. The number of nitrogens with zero attached hydrogens (tertiary/aromatic N) is 1. The second kappa shape index (κ2) is 5.53. The fourth-order valence-corrected chi connectivity index (χ4v) is 2.00. The molecule has 0 amide bonds. The van der Waals surface area contributed by atoms with Crippen LogP contribution in [-0.2, 0) is 6.42 Å². The molecule has 1 aromatic heterocycles. The van der Waals surface area contributed by atoms with Gasteiger partial charge in [0.1, 0.15) is 0 Å². The SMILES string of the molecule is CCc1ccc(-c2ccc(OC(F)(F)F)nc2)cc1C. The van der Waals surface area contributed by atoms with Crippen LogP contribution >= 0.6 is 0 Å². The third kappa shape index (κ3) is 3.50. The smallest absolute Gasteiger partial charge is 0.388 e. The maximum absolute atomic E-state index is 12.0. The Morgan fingerprint density at radius 1 is 1.10 bits per heavy atom. The molecule has 0 saturated carbocycles. The molecule has 2 aromatic rings. The zero-order valence-electron chi connectivity index (χ0n) is 11.2. The molecule has 0 aliphatic rings. The van der Waals surface area contributed by atoms with E-state index in [-0.39, 0.29) is 0 Å². The number of benzene rings is 1. The first-order chi connectivity index (χ1) is 9.39. The highest BCUT2D eigenvalue weighted by Gasteiger charge is 2.31. The van der Waals surface area contributed by atoms with Gasteiger partial charge in [0.15, 0.2) is 0 Å². The van der Waals surface area contributed by atoms with Crippen LogP contribution in [0.2, 0.25) is 0 Å². The van der Waals surface area contributed by atoms with Gasteiger partial charge in [-0.25, -0.2) is 4.98 Å². The molecule has 1 heterocycles. The molecule has 0 saturated heterocycles. The first kappa shape index (κ1) is 14.4. The van der Waals surface area contributed by atoms with Gasteiger partial charge in [-0.05, 0) is 36.1 Å². The summed E-state index contributed by atoms with van der Waals surface area (Å²) in [5.41, 5.74) is 4.08. The van der Waals surface area contributed by atoms with Crippen molar-refractivity contribution in [2.24, 2.45) is 0 Å². The molecule has 0 spiro atoms. The Morgan fingerprint density at radius 3 is 2.30 bits per heavy atom. The van der Waals surface area contributed by atoms with Gasteiger partial charge in [0.05, 0.1) is 0 Å². The predicted octanol–water partition coefficient (Wildman–Crippen LogP) is 4.52. The molecular formula is C15H14F3NO. The molecule has 0 fully saturated rings. The van der Waals surface area contributed by atoms with Crippen LogP contribution in [0.25, 0.3) is 11.1 Å². The van der Waals surface area contributed by atoms with E-state index in [4.69, 9.17) is 0 Å². The van der Waals surface area contributed by atoms with Crippen molar-refractivity contribution >= 4 is 0 Å². The van der Waals surface area contributed by atoms with E-state index in [0.717, 1.165) is 23.1 Å². The van der Waals surface area contributed by atoms with Crippen LogP contribution in [0.3, 0.4) is 0 Å². The number of hydrogen-bond donors (Lipinski definition) is 0. The summed E-state index contributed by atoms with van der Waals surface area (Å²) in [7, 11) is 0. The number of alkyl halides is 3. The number of pyridine rings is 1. The highest BCUT2D eigenvalue weighted by molar-refractivity contribution is 5.64. The van der Waals surface area contributed by atoms with Crippen LogP contribution in [0, 0.1) is 6.92 Å². The van der Waals surface area contributed by atoms with E-state index >= 15 is 0 Å². The normalized spacial score (nSPS) is 11.4. The Bertz CT molecular complexity index is 591. The molecule has 0 aliphatic carbocycles. The van der Waals surface area contributed by atoms with Crippen molar-refractivity contribution in [1.29, 1.82) is 0 Å². The van der Waals surface area contributed by atoms with Crippen LogP contribution in [-0.4, -0.2) is 11.3 Å². The summed E-state index contributed by atoms with van der Waals surface area (Å²) >= 11 is 0. The van der Waals surface area contributed by atoms with Gasteiger partial charge in [-0.1, -0.05) is 25.1 Å². The third-order valence-electron chi connectivity index (χ3n) is 3.01. The van der Waals surface area contributed by atoms with Crippen molar-refractivity contribution in [3.05, 3.63) is 47.7 Å². The lowest BCUT2D eigenvalue weighted by Gasteiger charge is -2.09. The molecule has 0 aliphatic heterocycles. The van der Waals surface area contributed by atoms with Gasteiger partial charge < -0.3 is 4.74 Å². The number of halogens is 3. The van der Waals surface area contributed by atoms with E-state index in [1.807, 2.05) is 25.1 Å². The van der Waals surface area contributed by atoms with E-state index in [2.05, 4.69) is 16.6 Å². The van der Waals surface area contributed by atoms with Crippen molar-refractivity contribution in [3.8, 4) is 17.0 Å². The summed E-state index contributed by atoms with van der Waals surface area (Å²) < 4.78 is 39.9. The van der Waals surface area contributed by atoms with Crippen molar-refractivity contribution in [2.75, 3.05) is 0 Å². The van der Waals surface area contributed by atoms with Crippen LogP contribution in [0.5, 0.6) is 5.88 Å². The quantitative estimate of drug-likeness (QED) is 0.825. The molecule has 0 N–H and O–H groups in total. The fourth-order valence-electron chi connectivity index (χ4n) is 2.00. The molecule has 106 valence electrons. The zero-order valence-corrected chi connectivity index (χ0v) is 11.2. The molecular weight excluding hydrogens is 267 g/mol. The Labute approximate surface area is 115 Å². The van der Waals surface area contributed by atoms with E-state index in [9.17, 15) is 13.2 Å². The molecule has 1 aromatic carbocycles. The van der Waals surface area contributed by atoms with Crippen molar-refractivity contribution in [1.82, 2.24) is 4.98 Å². The molecule has 0 atom stereocenters. The lowest BCUT2D eigenvalue weighted by Crippen LogP contribution is -2.17. The second-order valence-electron chi connectivity index (χ2n) is 4.43. The monoisotopic (exact) mass is 281 g/mol. The van der Waals surface area contributed by atoms with Gasteiger partial charge >= 0.3 is 6.36 Å². The summed E-state index contributed by atoms with van der Waals surface area (Å²) in [4.78, 5) is 3.67. The maximum Gasteiger partial charge on any atom is 0.574 e. The fraction of sp³-hybridized carbons (Fsp3) is 0.267. The topological polar surface area (TPSA) is 22.1 Å². The summed E-state index contributed by atoms with van der Waals surface area (Å²) in [6.07, 6.45) is -2.39. The van der Waals surface area contributed by atoms with E-state index in [0.29, 0.717) is 0 Å². The lowest BCUT2D eigenvalue weighted by atomic mass is 10.00. The molecule has 2 nitrogen and oxygen atoms in total. The highest BCUT2D eigenvalue weighted by atomic mass is 19.4. The highest BCUT2D eigenvalue weighted by Crippen LogP contribution is 2.25. The number of rotatable bonds is 3. The number of aryl methyl sites for hydroxylation is 2. The lowest BCUT2D eigenvalue weighted by molar-refractivity contribution is -0.276. The Hall–Kier alpha value is -2.04. The van der Waals surface area contributed by atoms with Crippen molar-refractivity contribution in [3.63, 3.8) is 0 Å². The Balaban J connectivity index is 2.24. The number of ether oxygens (including phenoxy) is 1. The first-order valence-electron chi connectivity index (χ1n) is 6.21. The Kier molecular flexibility index (Phi) is 3.97. The van der Waals surface area contributed by atoms with Crippen LogP contribution < -0.4 is 4.74 Å². The number of hydrogen-bond acceptors (Lipinski definition) is 2. The van der Waals surface area contributed by atoms with Gasteiger partial charge in [-0.15, -0.1) is 13.2 Å². The van der Waals surface area contributed by atoms with Crippen LogP contribution in [0.1, 0.15) is 18.1 Å². The molecule has 5 heteroatoms. The average molecular weight is 281 g/mol. The minimum atomic E-state index is -4.71. The summed E-state index contributed by atoms with van der Waals surface area (Å²) in [5, 5.41) is 0. The molecule has 20 heavy (non-hydrogen) atoms. The van der Waals surface area contributed by atoms with Crippen molar-refractivity contribution < 1.29 is 17.9 Å². The van der Waals surface area contributed by atoms with Crippen LogP contribution in [0.15, 0.2) is 36.5 Å². The van der Waals surface area contributed by atoms with Gasteiger partial charge in [-0.2, -0.15) is 0 Å². The van der Waals surface area contributed by atoms with Gasteiger partial charge in [0, 0.05) is 17.8 Å². The van der Waals surface area contributed by atoms with Gasteiger partial charge in [0.2, 0.25) is 5.88 Å². The van der Waals surface area contributed by atoms with Gasteiger partial charge in [-0.3, -0.25) is 0 Å². The number of aromatic nitrogens is 1. The zero-order chi connectivity index (χ0) is 14.8. The molecule has 0 bridgehead atoms. The Morgan fingerprint density at radius 2 is 1.80 bits per heavy atom. The van der Waals surface area contributed by atoms with Crippen molar-refractivity contribution in [2.45, 2.75) is 26.6 Å². The van der Waals surface area contributed by atoms with Gasteiger partial charge in [0.25, 0.3) is 0 Å². The molecule has 2 rings (SSSR count). The minimum absolute atomic E-state index is 0.455. The largest absolute Gasteiger partial charge is 0.574 e. The third-order valence-corrected chi connectivity index (χ3v) is 3.01. The summed E-state index contributed by atoms with van der Waals surface area (Å²) in [6.45, 7) is 4.09. The van der Waals surface area contributed by atoms with E-state index in [1.165, 1.54) is 17.8 Å². The first-order valence-corrected chi connectivity index (χ1v) is 6.21. The molecule has 0 unspecified atom stereocenters. The summed E-state index contributed by atoms with van der Waals surface area (Å²) in [6, 6.07) is 8.73. The standard InChI is InChI=1S/C15H14F3NO/c1-3-11-4-5-12(8-10(11)2)13-6-7-14(19-9-13)20-15(16,17)18/h4-9H,3H2,1-2H3. The summed E-state index contributed by atoms with van der Waals surface area (Å²) in [5.74, 6) is -0.455. The minimum Gasteiger partial charge on any atom is -0.388 e. The average Bonchev–Trinajstić information content (AvgIpc) is 2.37. The maximum atomic E-state index is 12.0. The van der Waals surface area contributed by atoms with Crippen LogP contribution in [0.4, 0.5) is 13.2 Å². The van der Waals surface area contributed by atoms with E-state index < -0.39 is 12.2 Å². The second-order valence-corrected chi connectivity index (χ2v) is 4.43.